The highest BCUT2D eigenvalue weighted by Crippen LogP contribution is 2.37. The third-order valence-corrected chi connectivity index (χ3v) is 3.08. The van der Waals surface area contributed by atoms with Crippen LogP contribution in [0.1, 0.15) is 13.3 Å². The van der Waals surface area contributed by atoms with Gasteiger partial charge >= 0.3 is 5.97 Å². The maximum absolute atomic E-state index is 11.1. The molecule has 1 atom stereocenters. The fourth-order valence-electron chi connectivity index (χ4n) is 1.80. The van der Waals surface area contributed by atoms with Crippen LogP contribution in [0, 0.1) is 16.0 Å². The van der Waals surface area contributed by atoms with E-state index < -0.39 is 16.8 Å². The zero-order valence-corrected chi connectivity index (χ0v) is 12.1. The molecule has 0 saturated carbocycles. The molecule has 0 fully saturated rings. The van der Waals surface area contributed by atoms with Gasteiger partial charge < -0.3 is 19.9 Å². The van der Waals surface area contributed by atoms with Crippen molar-refractivity contribution < 1.29 is 24.3 Å². The quantitative estimate of drug-likeness (QED) is 0.558. The Labute approximate surface area is 121 Å². The van der Waals surface area contributed by atoms with E-state index in [-0.39, 0.29) is 23.7 Å². The lowest BCUT2D eigenvalue weighted by Crippen LogP contribution is -2.22. The summed E-state index contributed by atoms with van der Waals surface area (Å²) in [5.74, 6) is -1.01. The van der Waals surface area contributed by atoms with Gasteiger partial charge in [0.15, 0.2) is 11.5 Å². The third kappa shape index (κ3) is 3.98. The SMILES string of the molecule is CCC(CNc1cc(OC)c(OC)cc1[N+](=O)[O-])C(=O)O. The molecule has 1 unspecified atom stereocenters. The summed E-state index contributed by atoms with van der Waals surface area (Å²) in [6, 6.07) is 2.66. The Hall–Kier alpha value is -2.51. The van der Waals surface area contributed by atoms with Crippen molar-refractivity contribution in [1.29, 1.82) is 0 Å². The van der Waals surface area contributed by atoms with Crippen LogP contribution in [-0.4, -0.2) is 36.8 Å². The lowest BCUT2D eigenvalue weighted by Gasteiger charge is -2.14. The molecule has 0 bridgehead atoms. The number of rotatable bonds is 8. The maximum Gasteiger partial charge on any atom is 0.308 e. The Morgan fingerprint density at radius 3 is 2.38 bits per heavy atom. The summed E-state index contributed by atoms with van der Waals surface area (Å²) in [7, 11) is 2.80. The van der Waals surface area contributed by atoms with Gasteiger partial charge in [-0.3, -0.25) is 14.9 Å². The molecule has 0 saturated heterocycles. The van der Waals surface area contributed by atoms with Crippen molar-refractivity contribution in [1.82, 2.24) is 0 Å². The fraction of sp³-hybridized carbons (Fsp3) is 0.462. The average molecular weight is 298 g/mol. The first kappa shape index (κ1) is 16.5. The van der Waals surface area contributed by atoms with Gasteiger partial charge in [-0.05, 0) is 6.42 Å². The molecule has 1 rings (SSSR count). The molecule has 0 radical (unpaired) electrons. The van der Waals surface area contributed by atoms with Crippen LogP contribution in [0.15, 0.2) is 12.1 Å². The van der Waals surface area contributed by atoms with Crippen LogP contribution in [0.4, 0.5) is 11.4 Å². The van der Waals surface area contributed by atoms with E-state index in [2.05, 4.69) is 5.32 Å². The Kier molecular flexibility index (Phi) is 5.77. The van der Waals surface area contributed by atoms with E-state index >= 15 is 0 Å². The van der Waals surface area contributed by atoms with E-state index in [4.69, 9.17) is 14.6 Å². The molecule has 1 aromatic rings. The third-order valence-electron chi connectivity index (χ3n) is 3.08. The highest BCUT2D eigenvalue weighted by atomic mass is 16.6. The molecular weight excluding hydrogens is 280 g/mol. The number of nitrogens with one attached hydrogen (secondary N) is 1. The number of methoxy groups -OCH3 is 2. The second-order valence-electron chi connectivity index (χ2n) is 4.31. The van der Waals surface area contributed by atoms with E-state index in [1.54, 1.807) is 6.92 Å². The van der Waals surface area contributed by atoms with Gasteiger partial charge in [0.1, 0.15) is 5.69 Å². The molecule has 1 aromatic carbocycles. The van der Waals surface area contributed by atoms with Crippen molar-refractivity contribution in [2.45, 2.75) is 13.3 Å². The summed E-state index contributed by atoms with van der Waals surface area (Å²) in [5.41, 5.74) is -0.00904. The number of anilines is 1. The number of ether oxygens (including phenoxy) is 2. The maximum atomic E-state index is 11.1. The van der Waals surface area contributed by atoms with E-state index in [1.807, 2.05) is 0 Å². The molecular formula is C13H18N2O6. The van der Waals surface area contributed by atoms with E-state index in [1.165, 1.54) is 26.4 Å². The lowest BCUT2D eigenvalue weighted by atomic mass is 10.1. The first-order valence-electron chi connectivity index (χ1n) is 6.31. The number of carboxylic acids is 1. The van der Waals surface area contributed by atoms with Crippen LogP contribution in [0.2, 0.25) is 0 Å². The number of nitro groups is 1. The molecule has 21 heavy (non-hydrogen) atoms. The number of benzene rings is 1. The van der Waals surface area contributed by atoms with E-state index in [0.717, 1.165) is 0 Å². The number of aliphatic carboxylic acids is 1. The normalized spacial score (nSPS) is 11.6. The Balaban J connectivity index is 3.09. The zero-order chi connectivity index (χ0) is 16.0. The number of nitrogens with zero attached hydrogens (tertiary/aromatic N) is 1. The van der Waals surface area contributed by atoms with Gasteiger partial charge in [0.25, 0.3) is 5.69 Å². The number of hydrogen-bond donors (Lipinski definition) is 2. The van der Waals surface area contributed by atoms with Gasteiger partial charge in [-0.25, -0.2) is 0 Å². The topological polar surface area (TPSA) is 111 Å². The summed E-state index contributed by atoms with van der Waals surface area (Å²) < 4.78 is 10.1. The molecule has 8 nitrogen and oxygen atoms in total. The largest absolute Gasteiger partial charge is 0.493 e. The smallest absolute Gasteiger partial charge is 0.308 e. The van der Waals surface area contributed by atoms with Crippen molar-refractivity contribution >= 4 is 17.3 Å². The second kappa shape index (κ2) is 7.32. The van der Waals surface area contributed by atoms with Gasteiger partial charge in [-0.15, -0.1) is 0 Å². The summed E-state index contributed by atoms with van der Waals surface area (Å²) in [5, 5.41) is 22.9. The summed E-state index contributed by atoms with van der Waals surface area (Å²) in [6.45, 7) is 1.83. The first-order chi connectivity index (χ1) is 9.94. The van der Waals surface area contributed by atoms with Crippen molar-refractivity contribution in [2.24, 2.45) is 5.92 Å². The number of carbonyl (C=O) groups is 1. The molecule has 0 aromatic heterocycles. The highest BCUT2D eigenvalue weighted by molar-refractivity contribution is 5.72. The van der Waals surface area contributed by atoms with Crippen LogP contribution in [0.25, 0.3) is 0 Å². The van der Waals surface area contributed by atoms with Crippen molar-refractivity contribution in [3.8, 4) is 11.5 Å². The van der Waals surface area contributed by atoms with Crippen LogP contribution >= 0.6 is 0 Å². The van der Waals surface area contributed by atoms with Gasteiger partial charge in [0, 0.05) is 12.6 Å². The van der Waals surface area contributed by atoms with Crippen LogP contribution in [0.5, 0.6) is 11.5 Å². The van der Waals surface area contributed by atoms with Crippen molar-refractivity contribution in [3.63, 3.8) is 0 Å². The summed E-state index contributed by atoms with van der Waals surface area (Å²) in [4.78, 5) is 21.5. The highest BCUT2D eigenvalue weighted by Gasteiger charge is 2.21. The monoisotopic (exact) mass is 298 g/mol. The molecule has 116 valence electrons. The fourth-order valence-corrected chi connectivity index (χ4v) is 1.80. The molecule has 0 aliphatic rings. The number of nitro benzene ring substituents is 1. The zero-order valence-electron chi connectivity index (χ0n) is 12.1. The second-order valence-corrected chi connectivity index (χ2v) is 4.31. The predicted molar refractivity (Wildman–Crippen MR) is 76.1 cm³/mol. The first-order valence-corrected chi connectivity index (χ1v) is 6.31. The summed E-state index contributed by atoms with van der Waals surface area (Å²) >= 11 is 0. The molecule has 0 heterocycles. The minimum Gasteiger partial charge on any atom is -0.493 e. The predicted octanol–water partition coefficient (Wildman–Crippen LogP) is 2.13. The Morgan fingerprint density at radius 2 is 1.95 bits per heavy atom. The molecule has 0 amide bonds. The minimum absolute atomic E-state index is 0.0855. The molecule has 0 aliphatic heterocycles. The van der Waals surface area contributed by atoms with Crippen LogP contribution in [0.3, 0.4) is 0 Å². The Bertz CT molecular complexity index is 532. The molecule has 0 aliphatic carbocycles. The lowest BCUT2D eigenvalue weighted by molar-refractivity contribution is -0.384. The van der Waals surface area contributed by atoms with Gasteiger partial charge in [0.05, 0.1) is 31.1 Å². The van der Waals surface area contributed by atoms with E-state index in [0.29, 0.717) is 12.2 Å². The van der Waals surface area contributed by atoms with Crippen molar-refractivity contribution in [2.75, 3.05) is 26.1 Å². The summed E-state index contributed by atoms with van der Waals surface area (Å²) in [6.07, 6.45) is 0.420. The van der Waals surface area contributed by atoms with Gasteiger partial charge in [0.2, 0.25) is 0 Å². The molecule has 0 spiro atoms. The standard InChI is InChI=1S/C13H18N2O6/c1-4-8(13(16)17)7-14-9-5-11(20-2)12(21-3)6-10(9)15(18)19/h5-6,8,14H,4,7H2,1-3H3,(H,16,17). The average Bonchev–Trinajstić information content (AvgIpc) is 2.46. The molecule has 2 N–H and O–H groups in total. The van der Waals surface area contributed by atoms with Gasteiger partial charge in [-0.1, -0.05) is 6.92 Å². The Morgan fingerprint density at radius 1 is 1.38 bits per heavy atom. The van der Waals surface area contributed by atoms with Crippen molar-refractivity contribution in [3.05, 3.63) is 22.2 Å². The van der Waals surface area contributed by atoms with E-state index in [9.17, 15) is 14.9 Å². The molecule has 8 heteroatoms. The minimum atomic E-state index is -0.951. The number of carboxylic acid groups (broad SMARTS) is 1. The number of hydrogen-bond acceptors (Lipinski definition) is 6. The van der Waals surface area contributed by atoms with Crippen LogP contribution < -0.4 is 14.8 Å². The van der Waals surface area contributed by atoms with Gasteiger partial charge in [-0.2, -0.15) is 0 Å². The van der Waals surface area contributed by atoms with Crippen LogP contribution in [-0.2, 0) is 4.79 Å².